The Morgan fingerprint density at radius 2 is 1.59 bits per heavy atom. The van der Waals surface area contributed by atoms with E-state index in [-0.39, 0.29) is 75.9 Å². The Morgan fingerprint density at radius 1 is 0.873 bits per heavy atom. The molecule has 0 bridgehead atoms. The van der Waals surface area contributed by atoms with Crippen molar-refractivity contribution < 1.29 is 67.1 Å². The molecule has 18 nitrogen and oxygen atoms in total. The highest BCUT2D eigenvalue weighted by atomic mass is 19.1. The number of aliphatic hydroxyl groups excluding tert-OH is 2. The van der Waals surface area contributed by atoms with Crippen LogP contribution in [0.1, 0.15) is 73.1 Å². The number of hydrogen-bond donors (Lipinski definition) is 3. The molecule has 3 N–H and O–H groups in total. The Balaban J connectivity index is 1.27. The van der Waals surface area contributed by atoms with Crippen LogP contribution in [0.25, 0.3) is 0 Å². The van der Waals surface area contributed by atoms with Crippen molar-refractivity contribution in [2.24, 2.45) is 22.9 Å². The molecule has 1 saturated carbocycles. The lowest BCUT2D eigenvalue weighted by Gasteiger charge is -2.59. The van der Waals surface area contributed by atoms with E-state index in [1.54, 1.807) is 66.7 Å². The Bertz CT molecular complexity index is 2920. The number of unbranched alkanes of at least 4 members (excludes halogenated alkanes) is 2. The fourth-order valence-corrected chi connectivity index (χ4v) is 10.9. The molecule has 6 unspecified atom stereocenters. The molecule has 1 aliphatic heterocycles. The zero-order valence-electron chi connectivity index (χ0n) is 44.3. The SMILES string of the molecule is C=CCOC12Oc3ccc(OC(=O)Nc4ccc(OC)cc4OC)cc3C3C(CCCCO)C(CCCCO)C=C(C(=NOCc4ccc([N+](=O)[O-])cc4)CC1N(Cc1ccc(F)cc1)C(=O)OCCOCc1ccccc1)C32. The molecule has 1 heterocycles. The Kier molecular flexibility index (Phi) is 20.1. The smallest absolute Gasteiger partial charge is 0.417 e. The van der Waals surface area contributed by atoms with Gasteiger partial charge in [0.25, 0.3) is 5.69 Å². The van der Waals surface area contributed by atoms with Gasteiger partial charge < -0.3 is 48.2 Å². The average molecular weight is 1090 g/mol. The van der Waals surface area contributed by atoms with Gasteiger partial charge in [-0.2, -0.15) is 0 Å². The van der Waals surface area contributed by atoms with E-state index in [2.05, 4.69) is 18.0 Å². The standard InChI is InChI=1S/C60H67FN4O14/c1-4-30-76-60-55(64(37-40-16-20-44(61)21-17-40)59(69)75-32-31-74-38-41-12-6-5-7-13-41)36-52(63-77-39-42-18-22-45(23-19-42)65(70)71)49-33-43(14-8-10-28-66)48(15-9-11-29-67)56(57(49)60)50-34-47(25-27-53(50)79-60)78-58(68)62-51-26-24-46(72-2)35-54(51)73-3/h4-7,12-13,16-27,33-35,43,48,55-57,66-67H,1,8-11,14-15,28-32,36-39H2,2-3H3,(H,62,68). The van der Waals surface area contributed by atoms with Crippen molar-refractivity contribution in [3.8, 4) is 23.0 Å². The summed E-state index contributed by atoms with van der Waals surface area (Å²) in [4.78, 5) is 47.6. The molecule has 3 aliphatic rings. The number of rotatable bonds is 27. The molecule has 6 atom stereocenters. The molecule has 0 saturated heterocycles. The summed E-state index contributed by atoms with van der Waals surface area (Å²) in [5.74, 6) is -2.37. The first-order valence-corrected chi connectivity index (χ1v) is 26.4. The first-order valence-electron chi connectivity index (χ1n) is 26.4. The average Bonchev–Trinajstić information content (AvgIpc) is 2.95. The molecule has 79 heavy (non-hydrogen) atoms. The van der Waals surface area contributed by atoms with Crippen molar-refractivity contribution in [2.75, 3.05) is 52.6 Å². The monoisotopic (exact) mass is 1090 g/mol. The molecule has 1 fully saturated rings. The van der Waals surface area contributed by atoms with Crippen molar-refractivity contribution in [3.63, 3.8) is 0 Å². The van der Waals surface area contributed by atoms with Crippen LogP contribution in [-0.4, -0.2) is 97.0 Å². The first-order chi connectivity index (χ1) is 38.5. The van der Waals surface area contributed by atoms with Gasteiger partial charge in [0.15, 0.2) is 0 Å². The van der Waals surface area contributed by atoms with Gasteiger partial charge in [0, 0.05) is 55.9 Å². The van der Waals surface area contributed by atoms with Crippen LogP contribution < -0.4 is 24.3 Å². The van der Waals surface area contributed by atoms with E-state index in [1.165, 1.54) is 43.4 Å². The summed E-state index contributed by atoms with van der Waals surface area (Å²) in [7, 11) is 2.99. The third-order valence-electron chi connectivity index (χ3n) is 14.5. The van der Waals surface area contributed by atoms with Crippen LogP contribution in [-0.2, 0) is 38.8 Å². The number of anilines is 1. The molecule has 0 radical (unpaired) electrons. The van der Waals surface area contributed by atoms with Crippen LogP contribution in [0.15, 0.2) is 145 Å². The lowest BCUT2D eigenvalue weighted by Crippen LogP contribution is -2.70. The highest BCUT2D eigenvalue weighted by Gasteiger charge is 2.66. The fourth-order valence-electron chi connectivity index (χ4n) is 10.9. The van der Waals surface area contributed by atoms with Crippen LogP contribution in [0, 0.1) is 33.7 Å². The molecule has 2 amide bonds. The van der Waals surface area contributed by atoms with Gasteiger partial charge in [-0.05, 0) is 114 Å². The number of non-ortho nitro benzene ring substituents is 1. The third-order valence-corrected chi connectivity index (χ3v) is 14.5. The van der Waals surface area contributed by atoms with Gasteiger partial charge in [0.05, 0.1) is 56.3 Å². The predicted molar refractivity (Wildman–Crippen MR) is 291 cm³/mol. The predicted octanol–water partition coefficient (Wildman–Crippen LogP) is 11.1. The Morgan fingerprint density at radius 3 is 2.30 bits per heavy atom. The van der Waals surface area contributed by atoms with Crippen LogP contribution in [0.4, 0.5) is 25.4 Å². The summed E-state index contributed by atoms with van der Waals surface area (Å²) in [5, 5.41) is 39.3. The van der Waals surface area contributed by atoms with Gasteiger partial charge in [-0.25, -0.2) is 14.0 Å². The largest absolute Gasteiger partial charge is 0.497 e. The minimum absolute atomic E-state index is 0.00508. The molecule has 8 rings (SSSR count). The number of methoxy groups -OCH3 is 2. The molecular formula is C60H67FN4O14. The van der Waals surface area contributed by atoms with E-state index in [0.717, 1.165) is 5.56 Å². The van der Waals surface area contributed by atoms with E-state index in [9.17, 15) is 29.5 Å². The number of fused-ring (bicyclic) bond motifs is 2. The van der Waals surface area contributed by atoms with Gasteiger partial charge in [0.2, 0.25) is 5.79 Å². The van der Waals surface area contributed by atoms with Crippen LogP contribution in [0.5, 0.6) is 23.0 Å². The van der Waals surface area contributed by atoms with Gasteiger partial charge >= 0.3 is 12.2 Å². The number of ether oxygens (including phenoxy) is 7. The number of allylic oxidation sites excluding steroid dienone is 1. The van der Waals surface area contributed by atoms with Gasteiger partial charge in [-0.1, -0.05) is 72.6 Å². The summed E-state index contributed by atoms with van der Waals surface area (Å²) in [5.41, 5.74) is 4.23. The number of aliphatic hydroxyl groups is 2. The second kappa shape index (κ2) is 27.7. The van der Waals surface area contributed by atoms with Crippen molar-refractivity contribution in [1.29, 1.82) is 0 Å². The molecule has 2 aliphatic carbocycles. The second-order valence-corrected chi connectivity index (χ2v) is 19.5. The van der Waals surface area contributed by atoms with Gasteiger partial charge in [-0.15, -0.1) is 6.58 Å². The Hall–Kier alpha value is -7.84. The lowest BCUT2D eigenvalue weighted by atomic mass is 9.55. The molecule has 5 aromatic carbocycles. The number of hydrogen-bond acceptors (Lipinski definition) is 15. The molecule has 0 spiro atoms. The second-order valence-electron chi connectivity index (χ2n) is 19.5. The highest BCUT2D eigenvalue weighted by Crippen LogP contribution is 2.62. The third kappa shape index (κ3) is 14.1. The number of nitrogens with zero attached hydrogens (tertiary/aromatic N) is 3. The first kappa shape index (κ1) is 57.3. The normalized spacial score (nSPS) is 20.3. The lowest BCUT2D eigenvalue weighted by molar-refractivity contribution is -0.384. The topological polar surface area (TPSA) is 219 Å². The Labute approximate surface area is 458 Å². The van der Waals surface area contributed by atoms with Crippen molar-refractivity contribution >= 4 is 29.3 Å². The van der Waals surface area contributed by atoms with E-state index in [1.807, 2.05) is 30.3 Å². The summed E-state index contributed by atoms with van der Waals surface area (Å²) < 4.78 is 57.9. The number of amides is 2. The van der Waals surface area contributed by atoms with Gasteiger partial charge in [-0.3, -0.25) is 20.3 Å². The molecule has 418 valence electrons. The number of benzene rings is 5. The van der Waals surface area contributed by atoms with Crippen LogP contribution >= 0.6 is 0 Å². The zero-order valence-corrected chi connectivity index (χ0v) is 44.3. The summed E-state index contributed by atoms with van der Waals surface area (Å²) in [6.45, 7) is 4.03. The number of nitro benzene ring substituents is 1. The fraction of sp³-hybridized carbons (Fsp3) is 0.383. The molecule has 5 aromatic rings. The van der Waals surface area contributed by atoms with E-state index in [4.69, 9.17) is 43.2 Å². The van der Waals surface area contributed by atoms with Crippen molar-refractivity contribution in [1.82, 2.24) is 4.90 Å². The molecule has 0 aromatic heterocycles. The quantitative estimate of drug-likeness (QED) is 0.0193. The summed E-state index contributed by atoms with van der Waals surface area (Å²) >= 11 is 0. The maximum Gasteiger partial charge on any atom is 0.417 e. The number of nitro groups is 1. The maximum absolute atomic E-state index is 15.1. The maximum atomic E-state index is 15.1. The van der Waals surface area contributed by atoms with E-state index < -0.39 is 46.6 Å². The minimum atomic E-state index is -1.73. The number of carbonyl (C=O) groups excluding carboxylic acids is 2. The highest BCUT2D eigenvalue weighted by molar-refractivity contribution is 6.03. The van der Waals surface area contributed by atoms with Crippen molar-refractivity contribution in [3.05, 3.63) is 178 Å². The summed E-state index contributed by atoms with van der Waals surface area (Å²) in [6, 6.07) is 30.3. The van der Waals surface area contributed by atoms with Crippen molar-refractivity contribution in [2.45, 2.75) is 82.5 Å². The zero-order chi connectivity index (χ0) is 55.7. The van der Waals surface area contributed by atoms with Crippen LogP contribution in [0.3, 0.4) is 0 Å². The van der Waals surface area contributed by atoms with Gasteiger partial charge in [0.1, 0.15) is 48.1 Å². The minimum Gasteiger partial charge on any atom is -0.497 e. The molecule has 19 heteroatoms. The number of nitrogens with one attached hydrogen (secondary N) is 1. The van der Waals surface area contributed by atoms with Crippen LogP contribution in [0.2, 0.25) is 0 Å². The van der Waals surface area contributed by atoms with E-state index in [0.29, 0.717) is 96.0 Å². The summed E-state index contributed by atoms with van der Waals surface area (Å²) in [6.07, 6.45) is 5.87. The molecular weight excluding hydrogens is 1020 g/mol. The number of carbonyl (C=O) groups is 2. The number of halogens is 1. The number of oxime groups is 1. The van der Waals surface area contributed by atoms with E-state index >= 15 is 4.79 Å².